The fourth-order valence-corrected chi connectivity index (χ4v) is 2.67. The van der Waals surface area contributed by atoms with Crippen LogP contribution >= 0.6 is 0 Å². The molecule has 0 bridgehead atoms. The van der Waals surface area contributed by atoms with Gasteiger partial charge in [-0.3, -0.25) is 14.2 Å². The average molecular weight is 397 g/mol. The molecule has 0 saturated heterocycles. The van der Waals surface area contributed by atoms with Gasteiger partial charge in [-0.1, -0.05) is 12.1 Å². The average Bonchev–Trinajstić information content (AvgIpc) is 2.62. The summed E-state index contributed by atoms with van der Waals surface area (Å²) >= 11 is 0. The van der Waals surface area contributed by atoms with Gasteiger partial charge in [-0.2, -0.15) is 13.2 Å². The number of para-hydroxylation sites is 2. The number of carbonyl (C=O) groups is 1. The van der Waals surface area contributed by atoms with Crippen molar-refractivity contribution in [1.29, 1.82) is 0 Å². The molecule has 3 rings (SSSR count). The minimum atomic E-state index is -5.03. The Morgan fingerprint density at radius 2 is 1.82 bits per heavy atom. The normalized spacial score (nSPS) is 12.8. The van der Waals surface area contributed by atoms with Crippen LogP contribution in [0.4, 0.5) is 27.6 Å². The molecule has 0 aliphatic rings. The quantitative estimate of drug-likeness (QED) is 0.682. The molecule has 5 nitrogen and oxygen atoms in total. The summed E-state index contributed by atoms with van der Waals surface area (Å²) in [5.74, 6) is -2.77. The monoisotopic (exact) mass is 397 g/mol. The first-order valence-electron chi connectivity index (χ1n) is 7.94. The largest absolute Gasteiger partial charge is 0.438 e. The number of rotatable bonds is 3. The van der Waals surface area contributed by atoms with Crippen LogP contribution in [-0.2, 0) is 11.0 Å². The number of benzene rings is 2. The van der Waals surface area contributed by atoms with E-state index < -0.39 is 46.7 Å². The molecule has 3 aromatic rings. The van der Waals surface area contributed by atoms with Crippen LogP contribution in [0.5, 0.6) is 0 Å². The number of carbonyl (C=O) groups excluding carboxylic acids is 1. The van der Waals surface area contributed by atoms with Gasteiger partial charge in [-0.05, 0) is 31.2 Å². The molecule has 28 heavy (non-hydrogen) atoms. The molecule has 10 heteroatoms. The number of halogens is 5. The number of hydrogen-bond acceptors (Lipinski definition) is 3. The summed E-state index contributed by atoms with van der Waals surface area (Å²) in [4.78, 5) is 28.2. The Kier molecular flexibility index (Phi) is 4.88. The molecule has 1 heterocycles. The fraction of sp³-hybridized carbons (Fsp3) is 0.167. The van der Waals surface area contributed by atoms with E-state index in [1.807, 2.05) is 0 Å². The first-order valence-corrected chi connectivity index (χ1v) is 7.94. The molecule has 1 aromatic heterocycles. The third-order valence-corrected chi connectivity index (χ3v) is 4.02. The maximum atomic E-state index is 13.7. The molecule has 1 atom stereocenters. The van der Waals surface area contributed by atoms with E-state index in [1.165, 1.54) is 31.2 Å². The molecule has 0 radical (unpaired) electrons. The Bertz CT molecular complexity index is 1120. The van der Waals surface area contributed by atoms with E-state index in [-0.39, 0.29) is 11.0 Å². The van der Waals surface area contributed by atoms with Crippen LogP contribution in [0, 0.1) is 11.6 Å². The zero-order valence-corrected chi connectivity index (χ0v) is 14.2. The zero-order chi connectivity index (χ0) is 20.6. The smallest absolute Gasteiger partial charge is 0.322 e. The summed E-state index contributed by atoms with van der Waals surface area (Å²) in [6.45, 7) is 1.17. The molecule has 0 aliphatic carbocycles. The summed E-state index contributed by atoms with van der Waals surface area (Å²) in [6, 6.07) is 6.35. The van der Waals surface area contributed by atoms with Gasteiger partial charge in [0.25, 0.3) is 5.56 Å². The zero-order valence-electron chi connectivity index (χ0n) is 14.2. The minimum Gasteiger partial charge on any atom is -0.322 e. The fourth-order valence-electron chi connectivity index (χ4n) is 2.67. The van der Waals surface area contributed by atoms with Crippen LogP contribution in [0.25, 0.3) is 11.0 Å². The van der Waals surface area contributed by atoms with Crippen LogP contribution in [0.2, 0.25) is 0 Å². The van der Waals surface area contributed by atoms with Crippen LogP contribution in [-0.4, -0.2) is 15.5 Å². The molecule has 0 spiro atoms. The number of nitrogens with zero attached hydrogens (tertiary/aromatic N) is 2. The van der Waals surface area contributed by atoms with Crippen molar-refractivity contribution >= 4 is 22.6 Å². The van der Waals surface area contributed by atoms with Gasteiger partial charge in [-0.25, -0.2) is 13.8 Å². The Labute approximate surface area is 154 Å². The Morgan fingerprint density at radius 3 is 2.50 bits per heavy atom. The maximum Gasteiger partial charge on any atom is 0.438 e. The highest BCUT2D eigenvalue weighted by Crippen LogP contribution is 2.27. The Morgan fingerprint density at radius 1 is 1.14 bits per heavy atom. The number of anilines is 1. The van der Waals surface area contributed by atoms with Crippen molar-refractivity contribution in [3.05, 3.63) is 70.1 Å². The van der Waals surface area contributed by atoms with Gasteiger partial charge in [0.2, 0.25) is 11.6 Å². The minimum absolute atomic E-state index is 0.0112. The second kappa shape index (κ2) is 7.02. The number of alkyl halides is 3. The molecule has 146 valence electrons. The molecule has 1 N–H and O–H groups in total. The van der Waals surface area contributed by atoms with Crippen molar-refractivity contribution in [1.82, 2.24) is 9.55 Å². The van der Waals surface area contributed by atoms with E-state index >= 15 is 0 Å². The van der Waals surface area contributed by atoms with Gasteiger partial charge >= 0.3 is 6.18 Å². The van der Waals surface area contributed by atoms with E-state index in [0.29, 0.717) is 10.6 Å². The molecular formula is C18H12F5N3O2. The number of nitrogens with one attached hydrogen (secondary N) is 1. The van der Waals surface area contributed by atoms with Crippen LogP contribution < -0.4 is 10.9 Å². The molecule has 1 amide bonds. The standard InChI is InChI=1S/C18H12F5N3O2/c1-9(16(27)25-13-8-10(19)6-7-11(13)20)26-14-5-3-2-4-12(14)24-15(17(26)28)18(21,22)23/h2-9H,1H3,(H,25,27)/t9-/m1/s1. The lowest BCUT2D eigenvalue weighted by Crippen LogP contribution is -2.36. The van der Waals surface area contributed by atoms with Crippen LogP contribution in [0.15, 0.2) is 47.3 Å². The predicted molar refractivity (Wildman–Crippen MR) is 90.7 cm³/mol. The van der Waals surface area contributed by atoms with Gasteiger partial charge in [0, 0.05) is 6.07 Å². The lowest BCUT2D eigenvalue weighted by Gasteiger charge is -2.19. The summed E-state index contributed by atoms with van der Waals surface area (Å²) in [6.07, 6.45) is -5.03. The molecule has 0 unspecified atom stereocenters. The van der Waals surface area contributed by atoms with Gasteiger partial charge in [-0.15, -0.1) is 0 Å². The summed E-state index contributed by atoms with van der Waals surface area (Å²) in [5, 5.41) is 2.08. The maximum absolute atomic E-state index is 13.7. The topological polar surface area (TPSA) is 64.0 Å². The van der Waals surface area contributed by atoms with Crippen molar-refractivity contribution in [3.8, 4) is 0 Å². The second-order valence-electron chi connectivity index (χ2n) is 5.91. The highest BCUT2D eigenvalue weighted by molar-refractivity contribution is 5.94. The van der Waals surface area contributed by atoms with Crippen LogP contribution in [0.1, 0.15) is 18.7 Å². The molecular weight excluding hydrogens is 385 g/mol. The van der Waals surface area contributed by atoms with Crippen molar-refractivity contribution in [3.63, 3.8) is 0 Å². The highest BCUT2D eigenvalue weighted by atomic mass is 19.4. The van der Waals surface area contributed by atoms with E-state index in [0.717, 1.165) is 12.1 Å². The predicted octanol–water partition coefficient (Wildman–Crippen LogP) is 3.89. The first kappa shape index (κ1) is 19.5. The first-order chi connectivity index (χ1) is 13.1. The molecule has 2 aromatic carbocycles. The molecule has 0 fully saturated rings. The summed E-state index contributed by atoms with van der Waals surface area (Å²) in [5.41, 5.74) is -3.86. The van der Waals surface area contributed by atoms with Crippen molar-refractivity contribution in [2.75, 3.05) is 5.32 Å². The van der Waals surface area contributed by atoms with E-state index in [1.54, 1.807) is 0 Å². The van der Waals surface area contributed by atoms with Crippen molar-refractivity contribution in [2.45, 2.75) is 19.1 Å². The lowest BCUT2D eigenvalue weighted by molar-refractivity contribution is -0.142. The van der Waals surface area contributed by atoms with E-state index in [2.05, 4.69) is 10.3 Å². The summed E-state index contributed by atoms with van der Waals surface area (Å²) in [7, 11) is 0. The third-order valence-electron chi connectivity index (χ3n) is 4.02. The Balaban J connectivity index is 2.11. The lowest BCUT2D eigenvalue weighted by atomic mass is 10.2. The van der Waals surface area contributed by atoms with Gasteiger partial charge in [0.15, 0.2) is 0 Å². The van der Waals surface area contributed by atoms with E-state index in [4.69, 9.17) is 0 Å². The van der Waals surface area contributed by atoms with E-state index in [9.17, 15) is 31.5 Å². The number of aromatic nitrogens is 2. The second-order valence-corrected chi connectivity index (χ2v) is 5.91. The SMILES string of the molecule is C[C@H](C(=O)Nc1cc(F)ccc1F)n1c(=O)c(C(F)(F)F)nc2ccccc21. The van der Waals surface area contributed by atoms with Crippen LogP contribution in [0.3, 0.4) is 0 Å². The highest BCUT2D eigenvalue weighted by Gasteiger charge is 2.38. The van der Waals surface area contributed by atoms with Gasteiger partial charge in [0.05, 0.1) is 16.7 Å². The van der Waals surface area contributed by atoms with Gasteiger partial charge < -0.3 is 5.32 Å². The van der Waals surface area contributed by atoms with Crippen molar-refractivity contribution in [2.24, 2.45) is 0 Å². The Hall–Kier alpha value is -3.30. The number of hydrogen-bond donors (Lipinski definition) is 1. The third kappa shape index (κ3) is 3.57. The summed E-state index contributed by atoms with van der Waals surface area (Å²) < 4.78 is 67.2. The number of fused-ring (bicyclic) bond motifs is 1. The molecule has 0 saturated carbocycles. The molecule has 0 aliphatic heterocycles. The van der Waals surface area contributed by atoms with Crippen molar-refractivity contribution < 1.29 is 26.7 Å². The van der Waals surface area contributed by atoms with Gasteiger partial charge in [0.1, 0.15) is 17.7 Å². The number of amides is 1.